The van der Waals surface area contributed by atoms with Crippen molar-refractivity contribution in [2.45, 2.75) is 32.6 Å². The number of methoxy groups -OCH3 is 1. The molecule has 0 aromatic heterocycles. The summed E-state index contributed by atoms with van der Waals surface area (Å²) < 4.78 is 44.4. The first kappa shape index (κ1) is 24.5. The fraction of sp³-hybridized carbons (Fsp3) is 0.269. The summed E-state index contributed by atoms with van der Waals surface area (Å²) in [7, 11) is -1.96. The van der Waals surface area contributed by atoms with Crippen LogP contribution in [0.1, 0.15) is 36.0 Å². The van der Waals surface area contributed by atoms with E-state index in [1.54, 1.807) is 20.1 Å². The van der Waals surface area contributed by atoms with E-state index >= 15 is 0 Å². The van der Waals surface area contributed by atoms with Gasteiger partial charge in [0.05, 0.1) is 19.1 Å². The largest absolute Gasteiger partial charge is 0.497 e. The first-order chi connectivity index (χ1) is 15.6. The molecule has 174 valence electrons. The number of hydrogen-bond acceptors (Lipinski definition) is 4. The number of halogens is 1. The molecular formula is C26H28FNO4S. The Morgan fingerprint density at radius 2 is 1.76 bits per heavy atom. The maximum atomic E-state index is 14.3. The molecule has 0 heterocycles. The van der Waals surface area contributed by atoms with Crippen LogP contribution in [0.3, 0.4) is 0 Å². The van der Waals surface area contributed by atoms with E-state index in [4.69, 9.17) is 4.74 Å². The predicted octanol–water partition coefficient (Wildman–Crippen LogP) is 5.49. The van der Waals surface area contributed by atoms with E-state index in [2.05, 4.69) is 10.8 Å². The lowest BCUT2D eigenvalue weighted by Gasteiger charge is -2.15. The standard InChI is InChI=1S/C26H28FNO4S/c1-17-5-6-19(23(15-17)20-7-11-22(32-3)12-8-20)10-14-26(29)18(2)21-9-13-25(24(27)16-21)28-33(4,30)31/h5-9,11-13,15-16,18,28H,10,14H2,1-4H3. The predicted molar refractivity (Wildman–Crippen MR) is 130 cm³/mol. The Labute approximate surface area is 194 Å². The number of ketones is 1. The Morgan fingerprint density at radius 1 is 1.06 bits per heavy atom. The maximum Gasteiger partial charge on any atom is 0.229 e. The third-order valence-corrected chi connectivity index (χ3v) is 6.17. The number of aryl methyl sites for hydroxylation is 2. The molecule has 1 atom stereocenters. The summed E-state index contributed by atoms with van der Waals surface area (Å²) in [6.07, 6.45) is 1.82. The Balaban J connectivity index is 1.75. The van der Waals surface area contributed by atoms with Gasteiger partial charge in [0.1, 0.15) is 17.3 Å². The number of ether oxygens (including phenoxy) is 1. The highest BCUT2D eigenvalue weighted by Gasteiger charge is 2.18. The third-order valence-electron chi connectivity index (χ3n) is 5.58. The summed E-state index contributed by atoms with van der Waals surface area (Å²) in [5.74, 6) is -0.457. The fourth-order valence-electron chi connectivity index (χ4n) is 3.69. The molecule has 7 heteroatoms. The molecule has 0 spiro atoms. The molecule has 0 radical (unpaired) electrons. The van der Waals surface area contributed by atoms with Crippen molar-refractivity contribution < 1.29 is 22.3 Å². The molecule has 0 amide bonds. The molecule has 0 saturated carbocycles. The van der Waals surface area contributed by atoms with E-state index in [0.717, 1.165) is 34.3 Å². The topological polar surface area (TPSA) is 72.5 Å². The van der Waals surface area contributed by atoms with Crippen LogP contribution >= 0.6 is 0 Å². The van der Waals surface area contributed by atoms with Gasteiger partial charge in [-0.1, -0.05) is 48.9 Å². The van der Waals surface area contributed by atoms with Crippen LogP contribution in [0.4, 0.5) is 10.1 Å². The van der Waals surface area contributed by atoms with Gasteiger partial charge in [-0.05, 0) is 59.9 Å². The average molecular weight is 470 g/mol. The second-order valence-corrected chi connectivity index (χ2v) is 9.94. The Morgan fingerprint density at radius 3 is 2.36 bits per heavy atom. The van der Waals surface area contributed by atoms with Crippen molar-refractivity contribution in [2.24, 2.45) is 0 Å². The van der Waals surface area contributed by atoms with Gasteiger partial charge in [0.15, 0.2) is 0 Å². The van der Waals surface area contributed by atoms with Gasteiger partial charge < -0.3 is 4.74 Å². The minimum Gasteiger partial charge on any atom is -0.497 e. The number of Topliss-reactive ketones (excluding diaryl/α,β-unsaturated/α-hetero) is 1. The van der Waals surface area contributed by atoms with Gasteiger partial charge in [-0.15, -0.1) is 0 Å². The number of carbonyl (C=O) groups is 1. The Bertz CT molecular complexity index is 1250. The molecule has 3 aromatic rings. The summed E-state index contributed by atoms with van der Waals surface area (Å²) in [5, 5.41) is 0. The number of benzene rings is 3. The van der Waals surface area contributed by atoms with E-state index < -0.39 is 21.8 Å². The van der Waals surface area contributed by atoms with Crippen molar-refractivity contribution in [3.8, 4) is 16.9 Å². The molecule has 5 nitrogen and oxygen atoms in total. The van der Waals surface area contributed by atoms with Crippen LogP contribution in [0.15, 0.2) is 60.7 Å². The molecule has 33 heavy (non-hydrogen) atoms. The zero-order valence-corrected chi connectivity index (χ0v) is 20.0. The lowest BCUT2D eigenvalue weighted by atomic mass is 9.90. The van der Waals surface area contributed by atoms with Crippen molar-refractivity contribution in [2.75, 3.05) is 18.1 Å². The van der Waals surface area contributed by atoms with Gasteiger partial charge in [-0.3, -0.25) is 9.52 Å². The normalized spacial score (nSPS) is 12.3. The van der Waals surface area contributed by atoms with E-state index in [1.807, 2.05) is 43.3 Å². The summed E-state index contributed by atoms with van der Waals surface area (Å²) in [4.78, 5) is 12.9. The molecule has 1 N–H and O–H groups in total. The lowest BCUT2D eigenvalue weighted by molar-refractivity contribution is -0.120. The summed E-state index contributed by atoms with van der Waals surface area (Å²) in [6, 6.07) is 18.1. The molecule has 1 unspecified atom stereocenters. The van der Waals surface area contributed by atoms with Crippen molar-refractivity contribution in [3.63, 3.8) is 0 Å². The van der Waals surface area contributed by atoms with Crippen LogP contribution in [-0.2, 0) is 21.2 Å². The lowest BCUT2D eigenvalue weighted by Crippen LogP contribution is -2.13. The van der Waals surface area contributed by atoms with Gasteiger partial charge >= 0.3 is 0 Å². The molecule has 0 bridgehead atoms. The van der Waals surface area contributed by atoms with E-state index in [0.29, 0.717) is 18.4 Å². The van der Waals surface area contributed by atoms with Crippen LogP contribution in [0.2, 0.25) is 0 Å². The SMILES string of the molecule is COc1ccc(-c2cc(C)ccc2CCC(=O)C(C)c2ccc(NS(C)(=O)=O)c(F)c2)cc1. The van der Waals surface area contributed by atoms with E-state index in [9.17, 15) is 17.6 Å². The monoisotopic (exact) mass is 469 g/mol. The van der Waals surface area contributed by atoms with E-state index in [-0.39, 0.29) is 11.5 Å². The van der Waals surface area contributed by atoms with Gasteiger partial charge in [0.25, 0.3) is 0 Å². The molecule has 3 rings (SSSR count). The fourth-order valence-corrected chi connectivity index (χ4v) is 4.26. The highest BCUT2D eigenvalue weighted by atomic mass is 32.2. The van der Waals surface area contributed by atoms with E-state index in [1.165, 1.54) is 12.1 Å². The third kappa shape index (κ3) is 6.42. The van der Waals surface area contributed by atoms with Gasteiger partial charge in [0, 0.05) is 12.3 Å². The molecule has 0 fully saturated rings. The van der Waals surface area contributed by atoms with Gasteiger partial charge in [-0.2, -0.15) is 0 Å². The number of nitrogens with one attached hydrogen (secondary N) is 1. The number of sulfonamides is 1. The van der Waals surface area contributed by atoms with Crippen molar-refractivity contribution in [1.82, 2.24) is 0 Å². The molecule has 3 aromatic carbocycles. The average Bonchev–Trinajstić information content (AvgIpc) is 2.78. The Kier molecular flexibility index (Phi) is 7.53. The first-order valence-electron chi connectivity index (χ1n) is 10.6. The van der Waals surface area contributed by atoms with Crippen LogP contribution in [0.25, 0.3) is 11.1 Å². The van der Waals surface area contributed by atoms with Gasteiger partial charge in [-0.25, -0.2) is 12.8 Å². The van der Waals surface area contributed by atoms with Crippen LogP contribution < -0.4 is 9.46 Å². The summed E-state index contributed by atoms with van der Waals surface area (Å²) in [5.41, 5.74) is 4.68. The van der Waals surface area contributed by atoms with Crippen molar-refractivity contribution in [3.05, 3.63) is 83.2 Å². The van der Waals surface area contributed by atoms with Crippen molar-refractivity contribution >= 4 is 21.5 Å². The quantitative estimate of drug-likeness (QED) is 0.450. The zero-order valence-electron chi connectivity index (χ0n) is 19.2. The number of hydrogen-bond donors (Lipinski definition) is 1. The maximum absolute atomic E-state index is 14.3. The first-order valence-corrected chi connectivity index (χ1v) is 12.5. The number of rotatable bonds is 9. The zero-order chi connectivity index (χ0) is 24.2. The highest BCUT2D eigenvalue weighted by molar-refractivity contribution is 7.92. The second kappa shape index (κ2) is 10.2. The van der Waals surface area contributed by atoms with Crippen LogP contribution in [0.5, 0.6) is 5.75 Å². The van der Waals surface area contributed by atoms with Crippen molar-refractivity contribution in [1.29, 1.82) is 0 Å². The van der Waals surface area contributed by atoms with Crippen LogP contribution in [-0.4, -0.2) is 27.6 Å². The highest BCUT2D eigenvalue weighted by Crippen LogP contribution is 2.29. The molecule has 0 aliphatic rings. The summed E-state index contributed by atoms with van der Waals surface area (Å²) >= 11 is 0. The molecular weight excluding hydrogens is 441 g/mol. The molecule has 0 aliphatic heterocycles. The molecule has 0 aliphatic carbocycles. The Hall–Kier alpha value is -3.19. The summed E-state index contributed by atoms with van der Waals surface area (Å²) in [6.45, 7) is 3.77. The number of anilines is 1. The smallest absolute Gasteiger partial charge is 0.229 e. The molecule has 0 saturated heterocycles. The van der Waals surface area contributed by atoms with Gasteiger partial charge in [0.2, 0.25) is 10.0 Å². The van der Waals surface area contributed by atoms with Crippen LogP contribution in [0, 0.1) is 12.7 Å². The second-order valence-electron chi connectivity index (χ2n) is 8.19. The number of carbonyl (C=O) groups excluding carboxylic acids is 1. The minimum absolute atomic E-state index is 0.0144. The minimum atomic E-state index is -3.59.